The van der Waals surface area contributed by atoms with Crippen molar-refractivity contribution in [1.29, 1.82) is 0 Å². The Morgan fingerprint density at radius 2 is 2.06 bits per heavy atom. The lowest BCUT2D eigenvalue weighted by Crippen LogP contribution is -2.16. The topological polar surface area (TPSA) is 48.4 Å². The van der Waals surface area contributed by atoms with Gasteiger partial charge in [0.15, 0.2) is 5.69 Å². The average molecular weight is 249 g/mol. The number of carbonyl (C=O) groups is 1. The van der Waals surface area contributed by atoms with Crippen molar-refractivity contribution in [2.75, 3.05) is 14.2 Å². The van der Waals surface area contributed by atoms with Crippen LogP contribution in [0.3, 0.4) is 0 Å². The summed E-state index contributed by atoms with van der Waals surface area (Å²) in [7, 11) is 2.31. The highest BCUT2D eigenvalue weighted by molar-refractivity contribution is 5.73. The Morgan fingerprint density at radius 1 is 1.41 bits per heavy atom. The molecular formula is C10H10F3NO3. The van der Waals surface area contributed by atoms with E-state index in [-0.39, 0.29) is 11.3 Å². The van der Waals surface area contributed by atoms with E-state index in [1.165, 1.54) is 13.2 Å². The zero-order valence-corrected chi connectivity index (χ0v) is 9.17. The van der Waals surface area contributed by atoms with Crippen LogP contribution >= 0.6 is 0 Å². The molecule has 0 saturated carbocycles. The summed E-state index contributed by atoms with van der Waals surface area (Å²) in [6.45, 7) is 0. The monoisotopic (exact) mass is 249 g/mol. The highest BCUT2D eigenvalue weighted by Gasteiger charge is 2.37. The minimum atomic E-state index is -4.64. The zero-order chi connectivity index (χ0) is 13.1. The van der Waals surface area contributed by atoms with Crippen molar-refractivity contribution in [2.45, 2.75) is 12.6 Å². The number of esters is 1. The molecule has 0 N–H and O–H groups in total. The summed E-state index contributed by atoms with van der Waals surface area (Å²) in [4.78, 5) is 14.3. The summed E-state index contributed by atoms with van der Waals surface area (Å²) in [5.41, 5.74) is -1.46. The van der Waals surface area contributed by atoms with Gasteiger partial charge >= 0.3 is 12.1 Å². The highest BCUT2D eigenvalue weighted by atomic mass is 19.4. The normalized spacial score (nSPS) is 11.1. The van der Waals surface area contributed by atoms with Crippen LogP contribution in [0.15, 0.2) is 12.3 Å². The molecule has 0 unspecified atom stereocenters. The van der Waals surface area contributed by atoms with Gasteiger partial charge in [0.25, 0.3) is 0 Å². The number of hydrogen-bond donors (Lipinski definition) is 0. The van der Waals surface area contributed by atoms with Crippen LogP contribution in [0.25, 0.3) is 0 Å². The second-order valence-electron chi connectivity index (χ2n) is 3.09. The van der Waals surface area contributed by atoms with Crippen LogP contribution in [-0.4, -0.2) is 25.2 Å². The molecule has 1 rings (SSSR count). The Labute approximate surface area is 95.4 Å². The van der Waals surface area contributed by atoms with Crippen LogP contribution in [0.4, 0.5) is 13.2 Å². The van der Waals surface area contributed by atoms with Gasteiger partial charge in [-0.3, -0.25) is 9.78 Å². The standard InChI is InChI=1S/C10H10F3NO3/c1-16-7-3-4-14-9(10(11,12)13)6(7)5-8(15)17-2/h3-4H,5H2,1-2H3. The van der Waals surface area contributed by atoms with Crippen LogP contribution < -0.4 is 4.74 Å². The molecule has 0 radical (unpaired) electrons. The van der Waals surface area contributed by atoms with E-state index in [0.29, 0.717) is 0 Å². The fraction of sp³-hybridized carbons (Fsp3) is 0.400. The number of methoxy groups -OCH3 is 2. The third-order valence-electron chi connectivity index (χ3n) is 2.05. The van der Waals surface area contributed by atoms with Gasteiger partial charge in [0.05, 0.1) is 20.6 Å². The molecule has 0 aliphatic heterocycles. The summed E-state index contributed by atoms with van der Waals surface area (Å²) >= 11 is 0. The second kappa shape index (κ2) is 5.03. The molecular weight excluding hydrogens is 239 g/mol. The smallest absolute Gasteiger partial charge is 0.433 e. The van der Waals surface area contributed by atoms with Crippen molar-refractivity contribution in [3.8, 4) is 5.75 Å². The zero-order valence-electron chi connectivity index (χ0n) is 9.17. The van der Waals surface area contributed by atoms with E-state index in [1.807, 2.05) is 0 Å². The summed E-state index contributed by atoms with van der Waals surface area (Å²) in [5, 5.41) is 0. The van der Waals surface area contributed by atoms with Crippen molar-refractivity contribution >= 4 is 5.97 Å². The Bertz CT molecular complexity index is 418. The number of carbonyl (C=O) groups excluding carboxylic acids is 1. The Kier molecular flexibility index (Phi) is 3.93. The molecule has 0 amide bonds. The van der Waals surface area contributed by atoms with Crippen LogP contribution in [0, 0.1) is 0 Å². The van der Waals surface area contributed by atoms with Gasteiger partial charge in [-0.25, -0.2) is 0 Å². The number of ether oxygens (including phenoxy) is 2. The van der Waals surface area contributed by atoms with E-state index in [2.05, 4.69) is 9.72 Å². The first-order valence-corrected chi connectivity index (χ1v) is 4.56. The van der Waals surface area contributed by atoms with Crippen molar-refractivity contribution in [1.82, 2.24) is 4.98 Å². The third kappa shape index (κ3) is 3.08. The predicted octanol–water partition coefficient (Wildman–Crippen LogP) is 1.82. The lowest BCUT2D eigenvalue weighted by Gasteiger charge is -2.13. The molecule has 0 atom stereocenters. The van der Waals surface area contributed by atoms with Gasteiger partial charge in [0.2, 0.25) is 0 Å². The molecule has 17 heavy (non-hydrogen) atoms. The Morgan fingerprint density at radius 3 is 2.53 bits per heavy atom. The number of rotatable bonds is 3. The first kappa shape index (κ1) is 13.3. The molecule has 0 fully saturated rings. The lowest BCUT2D eigenvalue weighted by molar-refractivity contribution is -0.143. The second-order valence-corrected chi connectivity index (χ2v) is 3.09. The molecule has 0 aliphatic rings. The first-order valence-electron chi connectivity index (χ1n) is 4.56. The van der Waals surface area contributed by atoms with Gasteiger partial charge < -0.3 is 9.47 Å². The quantitative estimate of drug-likeness (QED) is 0.767. The summed E-state index contributed by atoms with van der Waals surface area (Å²) in [5.74, 6) is -0.834. The molecule has 0 bridgehead atoms. The SMILES string of the molecule is COC(=O)Cc1c(OC)ccnc1C(F)(F)F. The van der Waals surface area contributed by atoms with Gasteiger partial charge in [-0.05, 0) is 6.07 Å². The molecule has 4 nitrogen and oxygen atoms in total. The predicted molar refractivity (Wildman–Crippen MR) is 51.5 cm³/mol. The van der Waals surface area contributed by atoms with Crippen LogP contribution in [0.2, 0.25) is 0 Å². The number of halogens is 3. The summed E-state index contributed by atoms with van der Waals surface area (Å²) in [6.07, 6.45) is -4.21. The number of nitrogens with zero attached hydrogens (tertiary/aromatic N) is 1. The number of hydrogen-bond acceptors (Lipinski definition) is 4. The van der Waals surface area contributed by atoms with E-state index in [9.17, 15) is 18.0 Å². The van der Waals surface area contributed by atoms with Gasteiger partial charge in [0.1, 0.15) is 5.75 Å². The van der Waals surface area contributed by atoms with E-state index < -0.39 is 24.3 Å². The maximum Gasteiger partial charge on any atom is 0.433 e. The first-order chi connectivity index (χ1) is 7.90. The minimum absolute atomic E-state index is 0.0438. The molecule has 94 valence electrons. The van der Waals surface area contributed by atoms with E-state index >= 15 is 0 Å². The van der Waals surface area contributed by atoms with Crippen molar-refractivity contribution in [2.24, 2.45) is 0 Å². The van der Waals surface area contributed by atoms with Gasteiger partial charge in [-0.1, -0.05) is 0 Å². The van der Waals surface area contributed by atoms with Crippen LogP contribution in [-0.2, 0) is 22.1 Å². The molecule has 0 spiro atoms. The number of alkyl halides is 3. The fourth-order valence-corrected chi connectivity index (χ4v) is 1.30. The largest absolute Gasteiger partial charge is 0.496 e. The Hall–Kier alpha value is -1.79. The van der Waals surface area contributed by atoms with E-state index in [1.54, 1.807) is 0 Å². The van der Waals surface area contributed by atoms with E-state index in [0.717, 1.165) is 13.3 Å². The highest BCUT2D eigenvalue weighted by Crippen LogP contribution is 2.34. The van der Waals surface area contributed by atoms with Gasteiger partial charge in [0, 0.05) is 11.8 Å². The van der Waals surface area contributed by atoms with Gasteiger partial charge in [-0.2, -0.15) is 13.2 Å². The molecule has 0 saturated heterocycles. The van der Waals surface area contributed by atoms with Crippen LogP contribution in [0.1, 0.15) is 11.3 Å². The van der Waals surface area contributed by atoms with Crippen LogP contribution in [0.5, 0.6) is 5.75 Å². The number of aromatic nitrogens is 1. The maximum absolute atomic E-state index is 12.6. The summed E-state index contributed by atoms with van der Waals surface area (Å²) < 4.78 is 47.1. The molecule has 0 aromatic carbocycles. The van der Waals surface area contributed by atoms with E-state index in [4.69, 9.17) is 4.74 Å². The lowest BCUT2D eigenvalue weighted by atomic mass is 10.1. The number of pyridine rings is 1. The van der Waals surface area contributed by atoms with Crippen molar-refractivity contribution in [3.05, 3.63) is 23.5 Å². The maximum atomic E-state index is 12.6. The van der Waals surface area contributed by atoms with Gasteiger partial charge in [-0.15, -0.1) is 0 Å². The fourth-order valence-electron chi connectivity index (χ4n) is 1.30. The molecule has 1 aromatic rings. The Balaban J connectivity index is 3.26. The molecule has 1 aromatic heterocycles. The summed E-state index contributed by atoms with van der Waals surface area (Å²) in [6, 6.07) is 1.26. The van der Waals surface area contributed by atoms with Crippen molar-refractivity contribution in [3.63, 3.8) is 0 Å². The van der Waals surface area contributed by atoms with Crippen molar-refractivity contribution < 1.29 is 27.4 Å². The average Bonchev–Trinajstić information content (AvgIpc) is 2.27. The third-order valence-corrected chi connectivity index (χ3v) is 2.05. The molecule has 7 heteroatoms. The molecule has 0 aliphatic carbocycles. The molecule has 1 heterocycles. The minimum Gasteiger partial charge on any atom is -0.496 e.